The first-order valence-corrected chi connectivity index (χ1v) is 7.90. The zero-order valence-corrected chi connectivity index (χ0v) is 14.9. The van der Waals surface area contributed by atoms with Crippen LogP contribution in [0.15, 0.2) is 22.8 Å². The zero-order valence-electron chi connectivity index (χ0n) is 14.1. The first-order chi connectivity index (χ1) is 11.2. The van der Waals surface area contributed by atoms with E-state index in [0.29, 0.717) is 11.5 Å². The van der Waals surface area contributed by atoms with Crippen molar-refractivity contribution in [3.05, 3.63) is 23.3 Å². The third kappa shape index (κ3) is 4.33. The minimum absolute atomic E-state index is 0.225. The van der Waals surface area contributed by atoms with Crippen LogP contribution in [0.5, 0.6) is 0 Å². The van der Waals surface area contributed by atoms with E-state index in [1.54, 1.807) is 32.9 Å². The topological polar surface area (TPSA) is 93.9 Å². The molecule has 0 fully saturated rings. The largest absolute Gasteiger partial charge is 0.463 e. The van der Waals surface area contributed by atoms with Crippen molar-refractivity contribution in [1.29, 1.82) is 0 Å². The number of carbonyl (C=O) groups is 2. The van der Waals surface area contributed by atoms with E-state index < -0.39 is 17.6 Å². The Kier molecular flexibility index (Phi) is 5.25. The summed E-state index contributed by atoms with van der Waals surface area (Å²) in [6.07, 6.45) is 0.825. The number of hydrogen-bond donors (Lipinski definition) is 1. The number of hydrogen-bond acceptors (Lipinski definition) is 7. The van der Waals surface area contributed by atoms with Crippen LogP contribution in [0.1, 0.15) is 30.4 Å². The first-order valence-electron chi connectivity index (χ1n) is 7.08. The van der Waals surface area contributed by atoms with E-state index in [0.717, 1.165) is 16.4 Å². The van der Waals surface area contributed by atoms with E-state index >= 15 is 0 Å². The van der Waals surface area contributed by atoms with Crippen molar-refractivity contribution in [3.63, 3.8) is 0 Å². The molecule has 2 amide bonds. The monoisotopic (exact) mass is 353 g/mol. The second-order valence-corrected chi connectivity index (χ2v) is 6.79. The first kappa shape index (κ1) is 18.0. The van der Waals surface area contributed by atoms with Crippen LogP contribution in [0.3, 0.4) is 0 Å². The van der Waals surface area contributed by atoms with Gasteiger partial charge in [-0.2, -0.15) is 0 Å². The molecule has 0 saturated carbocycles. The predicted octanol–water partition coefficient (Wildman–Crippen LogP) is 3.38. The molecule has 0 unspecified atom stereocenters. The highest BCUT2D eigenvalue weighted by Crippen LogP contribution is 2.32. The van der Waals surface area contributed by atoms with Crippen molar-refractivity contribution < 1.29 is 23.6 Å². The molecule has 130 valence electrons. The van der Waals surface area contributed by atoms with Gasteiger partial charge in [0.1, 0.15) is 16.2 Å². The summed E-state index contributed by atoms with van der Waals surface area (Å²) in [7, 11) is 2.86. The van der Waals surface area contributed by atoms with Crippen molar-refractivity contribution in [2.75, 3.05) is 19.5 Å². The van der Waals surface area contributed by atoms with Crippen molar-refractivity contribution in [2.45, 2.75) is 26.4 Å². The molecule has 0 aliphatic carbocycles. The number of rotatable bonds is 4. The van der Waals surface area contributed by atoms with Gasteiger partial charge in [0.15, 0.2) is 10.9 Å². The number of aromatic nitrogens is 1. The number of thiazole rings is 1. The number of nitrogens with zero attached hydrogens (tertiary/aromatic N) is 2. The Labute approximate surface area is 143 Å². The van der Waals surface area contributed by atoms with Crippen molar-refractivity contribution in [2.24, 2.45) is 0 Å². The second-order valence-electron chi connectivity index (χ2n) is 5.79. The zero-order chi connectivity index (χ0) is 17.9. The molecular weight excluding hydrogens is 334 g/mol. The molecule has 24 heavy (non-hydrogen) atoms. The smallest absolute Gasteiger partial charge is 0.413 e. The molecule has 1 N–H and O–H groups in total. The summed E-state index contributed by atoms with van der Waals surface area (Å²) in [5.41, 5.74) is -0.315. The fourth-order valence-corrected chi connectivity index (χ4v) is 2.64. The molecule has 0 aromatic carbocycles. The van der Waals surface area contributed by atoms with Gasteiger partial charge >= 0.3 is 6.09 Å². The van der Waals surface area contributed by atoms with Crippen LogP contribution in [-0.4, -0.2) is 41.8 Å². The van der Waals surface area contributed by atoms with Gasteiger partial charge in [0.2, 0.25) is 0 Å². The minimum Gasteiger partial charge on any atom is -0.463 e. The van der Waals surface area contributed by atoms with Crippen LogP contribution in [0.2, 0.25) is 0 Å². The number of hydroxylamine groups is 2. The number of anilines is 1. The maximum atomic E-state index is 12.4. The predicted molar refractivity (Wildman–Crippen MR) is 88.8 cm³/mol. The van der Waals surface area contributed by atoms with E-state index in [2.05, 4.69) is 10.3 Å². The third-order valence-electron chi connectivity index (χ3n) is 2.74. The fourth-order valence-electron chi connectivity index (χ4n) is 1.72. The third-order valence-corrected chi connectivity index (χ3v) is 3.70. The Bertz CT molecular complexity index is 718. The lowest BCUT2D eigenvalue weighted by Crippen LogP contribution is -2.27. The van der Waals surface area contributed by atoms with Crippen molar-refractivity contribution in [3.8, 4) is 11.5 Å². The highest BCUT2D eigenvalue weighted by Gasteiger charge is 2.25. The summed E-state index contributed by atoms with van der Waals surface area (Å²) in [6, 6.07) is 3.36. The summed E-state index contributed by atoms with van der Waals surface area (Å²) in [5.74, 6) is 0.00924. The van der Waals surface area contributed by atoms with Gasteiger partial charge in [-0.3, -0.25) is 14.9 Å². The van der Waals surface area contributed by atoms with Gasteiger partial charge in [-0.15, -0.1) is 0 Å². The van der Waals surface area contributed by atoms with Crippen molar-refractivity contribution in [1.82, 2.24) is 10.0 Å². The summed E-state index contributed by atoms with van der Waals surface area (Å²) in [4.78, 5) is 33.8. The van der Waals surface area contributed by atoms with Gasteiger partial charge in [0.05, 0.1) is 13.4 Å². The summed E-state index contributed by atoms with van der Waals surface area (Å²) >= 11 is 1.01. The average Bonchev–Trinajstić information content (AvgIpc) is 3.12. The lowest BCUT2D eigenvalue weighted by molar-refractivity contribution is -0.0753. The van der Waals surface area contributed by atoms with Gasteiger partial charge in [-0.05, 0) is 32.9 Å². The van der Waals surface area contributed by atoms with Gasteiger partial charge in [-0.1, -0.05) is 11.3 Å². The minimum atomic E-state index is -0.652. The van der Waals surface area contributed by atoms with Gasteiger partial charge in [-0.25, -0.2) is 14.8 Å². The Morgan fingerprint density at radius 2 is 2.08 bits per heavy atom. The fraction of sp³-hybridized carbons (Fsp3) is 0.400. The Morgan fingerprint density at radius 3 is 2.62 bits per heavy atom. The number of nitrogens with one attached hydrogen (secondary N) is 1. The second kappa shape index (κ2) is 7.02. The normalized spacial score (nSPS) is 11.2. The molecule has 2 aromatic rings. The van der Waals surface area contributed by atoms with Crippen molar-refractivity contribution >= 4 is 28.5 Å². The number of furan rings is 1. The molecule has 0 spiro atoms. The summed E-state index contributed by atoms with van der Waals surface area (Å²) < 4.78 is 10.5. The molecule has 8 nitrogen and oxygen atoms in total. The van der Waals surface area contributed by atoms with E-state index in [4.69, 9.17) is 14.0 Å². The lowest BCUT2D eigenvalue weighted by Gasteiger charge is -2.18. The Hall–Kier alpha value is -2.39. The lowest BCUT2D eigenvalue weighted by atomic mass is 10.2. The quantitative estimate of drug-likeness (QED) is 0.847. The van der Waals surface area contributed by atoms with Crippen LogP contribution in [0, 0.1) is 0 Å². The molecule has 0 aliphatic rings. The van der Waals surface area contributed by atoms with E-state index in [-0.39, 0.29) is 10.0 Å². The van der Waals surface area contributed by atoms with Crippen LogP contribution in [0.25, 0.3) is 11.5 Å². The SMILES string of the molecule is CON(C)C(=O)c1sc(NC(=O)OC(C)(C)C)nc1-c1ccco1. The van der Waals surface area contributed by atoms with Crippen LogP contribution in [-0.2, 0) is 9.57 Å². The molecule has 2 rings (SSSR count). The van der Waals surface area contributed by atoms with Gasteiger partial charge in [0.25, 0.3) is 5.91 Å². The highest BCUT2D eigenvalue weighted by atomic mass is 32.1. The molecule has 2 heterocycles. The van der Waals surface area contributed by atoms with Crippen LogP contribution < -0.4 is 5.32 Å². The van der Waals surface area contributed by atoms with Gasteiger partial charge < -0.3 is 9.15 Å². The van der Waals surface area contributed by atoms with Crippen LogP contribution in [0.4, 0.5) is 9.93 Å². The molecule has 0 bridgehead atoms. The molecule has 0 atom stereocenters. The maximum absolute atomic E-state index is 12.4. The summed E-state index contributed by atoms with van der Waals surface area (Å²) in [5, 5.41) is 3.82. The standard InChI is InChI=1S/C15H19N3O5S/c1-15(2,3)23-14(20)17-13-16-10(9-7-6-8-22-9)11(24-13)12(19)18(4)21-5/h6-8H,1-5H3,(H,16,17,20). The molecule has 9 heteroatoms. The molecule has 2 aromatic heterocycles. The molecule has 0 aliphatic heterocycles. The molecular formula is C15H19N3O5S. The van der Waals surface area contributed by atoms with E-state index in [9.17, 15) is 9.59 Å². The highest BCUT2D eigenvalue weighted by molar-refractivity contribution is 7.18. The van der Waals surface area contributed by atoms with E-state index in [1.807, 2.05) is 0 Å². The van der Waals surface area contributed by atoms with Crippen LogP contribution >= 0.6 is 11.3 Å². The van der Waals surface area contributed by atoms with E-state index in [1.165, 1.54) is 20.4 Å². The Morgan fingerprint density at radius 1 is 1.38 bits per heavy atom. The Balaban J connectivity index is 2.31. The maximum Gasteiger partial charge on any atom is 0.413 e. The number of amides is 2. The number of ether oxygens (including phenoxy) is 1. The average molecular weight is 353 g/mol. The van der Waals surface area contributed by atoms with Gasteiger partial charge in [0, 0.05) is 7.05 Å². The summed E-state index contributed by atoms with van der Waals surface area (Å²) in [6.45, 7) is 5.27. The molecule has 0 saturated heterocycles. The number of carbonyl (C=O) groups excluding carboxylic acids is 2. The molecule has 0 radical (unpaired) electrons.